The third-order valence-electron chi connectivity index (χ3n) is 4.17. The summed E-state index contributed by atoms with van der Waals surface area (Å²) in [6.07, 6.45) is -3.78. The van der Waals surface area contributed by atoms with E-state index in [9.17, 15) is 18.0 Å². The van der Waals surface area contributed by atoms with Crippen molar-refractivity contribution < 1.29 is 18.0 Å². The Labute approximate surface area is 134 Å². The first-order valence-corrected chi connectivity index (χ1v) is 7.80. The molecule has 23 heavy (non-hydrogen) atoms. The third-order valence-corrected chi connectivity index (χ3v) is 4.17. The summed E-state index contributed by atoms with van der Waals surface area (Å²) in [6, 6.07) is 6.93. The van der Waals surface area contributed by atoms with E-state index >= 15 is 0 Å². The molecule has 1 aromatic rings. The van der Waals surface area contributed by atoms with Crippen molar-refractivity contribution in [2.75, 3.05) is 18.4 Å². The molecule has 1 saturated heterocycles. The third kappa shape index (κ3) is 4.62. The van der Waals surface area contributed by atoms with E-state index in [0.717, 1.165) is 5.56 Å². The standard InChI is InChI=1S/C17H23F3N2O/c1-16(2,3)12-6-8-14(9-7-12)21-15(23)22-10-4-5-13(11-22)17(18,19)20/h6-9,13H,4-5,10-11H2,1-3H3,(H,21,23)/t13-/m0/s1. The first-order chi connectivity index (χ1) is 10.6. The number of piperidine rings is 1. The number of carbonyl (C=O) groups excluding carboxylic acids is 1. The molecule has 0 bridgehead atoms. The van der Waals surface area contributed by atoms with Gasteiger partial charge >= 0.3 is 12.2 Å². The molecule has 0 spiro atoms. The van der Waals surface area contributed by atoms with Gasteiger partial charge in [0.05, 0.1) is 5.92 Å². The summed E-state index contributed by atoms with van der Waals surface area (Å²) < 4.78 is 38.4. The van der Waals surface area contributed by atoms with Gasteiger partial charge in [0.1, 0.15) is 0 Å². The van der Waals surface area contributed by atoms with Crippen molar-refractivity contribution in [1.29, 1.82) is 0 Å². The largest absolute Gasteiger partial charge is 0.393 e. The van der Waals surface area contributed by atoms with Crippen LogP contribution in [0.3, 0.4) is 0 Å². The number of nitrogens with zero attached hydrogens (tertiary/aromatic N) is 1. The van der Waals surface area contributed by atoms with Crippen LogP contribution >= 0.6 is 0 Å². The molecular formula is C17H23F3N2O. The summed E-state index contributed by atoms with van der Waals surface area (Å²) in [7, 11) is 0. The molecule has 3 nitrogen and oxygen atoms in total. The second-order valence-corrected chi connectivity index (χ2v) is 7.08. The van der Waals surface area contributed by atoms with Crippen molar-refractivity contribution in [3.8, 4) is 0 Å². The zero-order valence-electron chi connectivity index (χ0n) is 13.7. The first kappa shape index (κ1) is 17.6. The zero-order valence-corrected chi connectivity index (χ0v) is 13.7. The smallest absolute Gasteiger partial charge is 0.324 e. The van der Waals surface area contributed by atoms with Crippen LogP contribution in [0.4, 0.5) is 23.7 Å². The van der Waals surface area contributed by atoms with E-state index in [2.05, 4.69) is 26.1 Å². The number of hydrogen-bond acceptors (Lipinski definition) is 1. The Morgan fingerprint density at radius 1 is 1.17 bits per heavy atom. The van der Waals surface area contributed by atoms with Gasteiger partial charge in [-0.3, -0.25) is 0 Å². The fraction of sp³-hybridized carbons (Fsp3) is 0.588. The number of amides is 2. The number of anilines is 1. The molecular weight excluding hydrogens is 305 g/mol. The van der Waals surface area contributed by atoms with Crippen LogP contribution in [0.25, 0.3) is 0 Å². The SMILES string of the molecule is CC(C)(C)c1ccc(NC(=O)N2CCC[C@H](C(F)(F)F)C2)cc1. The predicted molar refractivity (Wildman–Crippen MR) is 84.5 cm³/mol. The molecule has 1 aliphatic rings. The second-order valence-electron chi connectivity index (χ2n) is 7.08. The van der Waals surface area contributed by atoms with Gasteiger partial charge < -0.3 is 10.2 Å². The molecule has 1 atom stereocenters. The topological polar surface area (TPSA) is 32.3 Å². The highest BCUT2D eigenvalue weighted by Gasteiger charge is 2.42. The van der Waals surface area contributed by atoms with Crippen LogP contribution in [0.1, 0.15) is 39.2 Å². The summed E-state index contributed by atoms with van der Waals surface area (Å²) in [5.41, 5.74) is 1.73. The van der Waals surface area contributed by atoms with Crippen molar-refractivity contribution in [3.05, 3.63) is 29.8 Å². The monoisotopic (exact) mass is 328 g/mol. The normalized spacial score (nSPS) is 19.6. The molecule has 0 aromatic heterocycles. The number of carbonyl (C=O) groups is 1. The van der Waals surface area contributed by atoms with Gasteiger partial charge in [0, 0.05) is 18.8 Å². The number of rotatable bonds is 1. The van der Waals surface area contributed by atoms with E-state index in [1.807, 2.05) is 12.1 Å². The van der Waals surface area contributed by atoms with E-state index < -0.39 is 18.1 Å². The lowest BCUT2D eigenvalue weighted by molar-refractivity contribution is -0.183. The van der Waals surface area contributed by atoms with Crippen LogP contribution in [0.2, 0.25) is 0 Å². The lowest BCUT2D eigenvalue weighted by atomic mass is 9.87. The number of alkyl halides is 3. The fourth-order valence-electron chi connectivity index (χ4n) is 2.68. The summed E-state index contributed by atoms with van der Waals surface area (Å²) in [5.74, 6) is -1.43. The molecule has 1 fully saturated rings. The molecule has 1 aromatic carbocycles. The van der Waals surface area contributed by atoms with Gasteiger partial charge in [0.15, 0.2) is 0 Å². The molecule has 2 rings (SSSR count). The van der Waals surface area contributed by atoms with Crippen LogP contribution in [0, 0.1) is 5.92 Å². The molecule has 1 aliphatic heterocycles. The van der Waals surface area contributed by atoms with Crippen LogP contribution in [-0.4, -0.2) is 30.2 Å². The maximum Gasteiger partial charge on any atom is 0.393 e. The van der Waals surface area contributed by atoms with E-state index in [1.54, 1.807) is 12.1 Å². The molecule has 1 heterocycles. The Morgan fingerprint density at radius 2 is 1.78 bits per heavy atom. The van der Waals surface area contributed by atoms with Gasteiger partial charge in [-0.2, -0.15) is 13.2 Å². The van der Waals surface area contributed by atoms with E-state index in [-0.39, 0.29) is 18.4 Å². The highest BCUT2D eigenvalue weighted by Crippen LogP contribution is 2.33. The van der Waals surface area contributed by atoms with E-state index in [4.69, 9.17) is 0 Å². The van der Waals surface area contributed by atoms with Crippen molar-refractivity contribution in [1.82, 2.24) is 4.90 Å². The van der Waals surface area contributed by atoms with Gasteiger partial charge in [0.25, 0.3) is 0 Å². The lowest BCUT2D eigenvalue weighted by Crippen LogP contribution is -2.46. The number of likely N-dealkylation sites (tertiary alicyclic amines) is 1. The van der Waals surface area contributed by atoms with Gasteiger partial charge in [-0.1, -0.05) is 32.9 Å². The van der Waals surface area contributed by atoms with Crippen molar-refractivity contribution in [2.45, 2.75) is 45.2 Å². The zero-order chi connectivity index (χ0) is 17.3. The maximum absolute atomic E-state index is 12.8. The summed E-state index contributed by atoms with van der Waals surface area (Å²) >= 11 is 0. The number of benzene rings is 1. The number of urea groups is 1. The number of hydrogen-bond donors (Lipinski definition) is 1. The summed E-state index contributed by atoms with van der Waals surface area (Å²) in [4.78, 5) is 13.4. The maximum atomic E-state index is 12.8. The molecule has 0 radical (unpaired) electrons. The Bertz CT molecular complexity index is 546. The average molecular weight is 328 g/mol. The van der Waals surface area contributed by atoms with E-state index in [0.29, 0.717) is 18.7 Å². The van der Waals surface area contributed by atoms with E-state index in [1.165, 1.54) is 4.90 Å². The molecule has 0 saturated carbocycles. The van der Waals surface area contributed by atoms with Crippen LogP contribution < -0.4 is 5.32 Å². The summed E-state index contributed by atoms with van der Waals surface area (Å²) in [5, 5.41) is 2.68. The first-order valence-electron chi connectivity index (χ1n) is 7.80. The fourth-order valence-corrected chi connectivity index (χ4v) is 2.68. The minimum Gasteiger partial charge on any atom is -0.324 e. The number of halogens is 3. The number of nitrogens with one attached hydrogen (secondary N) is 1. The Hall–Kier alpha value is -1.72. The van der Waals surface area contributed by atoms with Gasteiger partial charge in [-0.05, 0) is 36.0 Å². The van der Waals surface area contributed by atoms with Crippen LogP contribution in [-0.2, 0) is 5.41 Å². The van der Waals surface area contributed by atoms with Crippen LogP contribution in [0.5, 0.6) is 0 Å². The molecule has 128 valence electrons. The van der Waals surface area contributed by atoms with Crippen molar-refractivity contribution in [2.24, 2.45) is 5.92 Å². The molecule has 6 heteroatoms. The van der Waals surface area contributed by atoms with Gasteiger partial charge in [0.2, 0.25) is 0 Å². The minimum atomic E-state index is -4.24. The molecule has 0 aliphatic carbocycles. The van der Waals surface area contributed by atoms with Crippen molar-refractivity contribution >= 4 is 11.7 Å². The molecule has 1 N–H and O–H groups in total. The summed E-state index contributed by atoms with van der Waals surface area (Å²) in [6.45, 7) is 6.36. The predicted octanol–water partition coefficient (Wildman–Crippen LogP) is 4.79. The van der Waals surface area contributed by atoms with Crippen molar-refractivity contribution in [3.63, 3.8) is 0 Å². The Kier molecular flexibility index (Phi) is 4.92. The second kappa shape index (κ2) is 6.42. The Balaban J connectivity index is 1.99. The van der Waals surface area contributed by atoms with Gasteiger partial charge in [-0.15, -0.1) is 0 Å². The quantitative estimate of drug-likeness (QED) is 0.790. The Morgan fingerprint density at radius 3 is 2.30 bits per heavy atom. The molecule has 0 unspecified atom stereocenters. The minimum absolute atomic E-state index is 0.00926. The highest BCUT2D eigenvalue weighted by molar-refractivity contribution is 5.89. The molecule has 2 amide bonds. The van der Waals surface area contributed by atoms with Gasteiger partial charge in [-0.25, -0.2) is 4.79 Å². The van der Waals surface area contributed by atoms with Crippen LogP contribution in [0.15, 0.2) is 24.3 Å². The average Bonchev–Trinajstić information content (AvgIpc) is 2.46. The lowest BCUT2D eigenvalue weighted by Gasteiger charge is -2.33. The highest BCUT2D eigenvalue weighted by atomic mass is 19.4.